The molecule has 0 fully saturated rings. The fraction of sp³-hybridized carbons (Fsp3) is 0.250. The molecule has 0 aliphatic carbocycles. The van der Waals surface area contributed by atoms with Crippen LogP contribution < -0.4 is 15.2 Å². The Morgan fingerprint density at radius 2 is 1.90 bits per heavy atom. The predicted molar refractivity (Wildman–Crippen MR) is 85.5 cm³/mol. The Balaban J connectivity index is 2.15. The first kappa shape index (κ1) is 15.8. The second-order valence-corrected chi connectivity index (χ2v) is 5.52. The average molecular weight is 352 g/mol. The lowest BCUT2D eigenvalue weighted by Gasteiger charge is -2.14. The summed E-state index contributed by atoms with van der Waals surface area (Å²) in [6.45, 7) is 0.274. The molecule has 0 unspecified atom stereocenters. The minimum atomic E-state index is -0.401. The molecule has 4 nitrogen and oxygen atoms in total. The van der Waals surface area contributed by atoms with Crippen LogP contribution >= 0.6 is 15.9 Å². The van der Waals surface area contributed by atoms with Crippen LogP contribution in [0.3, 0.4) is 0 Å². The lowest BCUT2D eigenvalue weighted by Crippen LogP contribution is -2.15. The molecule has 0 spiro atoms. The van der Waals surface area contributed by atoms with Crippen molar-refractivity contribution in [1.82, 2.24) is 0 Å². The monoisotopic (exact) mass is 351 g/mol. The summed E-state index contributed by atoms with van der Waals surface area (Å²) in [6.07, 6.45) is 0. The lowest BCUT2D eigenvalue weighted by molar-refractivity contribution is 0.267. The van der Waals surface area contributed by atoms with E-state index in [1.807, 2.05) is 42.5 Å². The van der Waals surface area contributed by atoms with Crippen LogP contribution in [0, 0.1) is 0 Å². The third-order valence-corrected chi connectivity index (χ3v) is 3.67. The molecule has 0 saturated carbocycles. The standard InChI is InChI=1S/C16H18BrNO3/c1-20-16-7-2-11(15(18)9-19)8-12(16)10-21-14-5-3-13(17)4-6-14/h2-8,15,19H,9-10,18H2,1H3/t15-/m0/s1. The molecule has 5 heteroatoms. The van der Waals surface area contributed by atoms with E-state index in [-0.39, 0.29) is 6.61 Å². The molecule has 21 heavy (non-hydrogen) atoms. The highest BCUT2D eigenvalue weighted by Gasteiger charge is 2.10. The van der Waals surface area contributed by atoms with Gasteiger partial charge in [-0.3, -0.25) is 0 Å². The summed E-state index contributed by atoms with van der Waals surface area (Å²) in [6, 6.07) is 12.8. The molecular formula is C16H18BrNO3. The second kappa shape index (κ2) is 7.45. The zero-order valence-electron chi connectivity index (χ0n) is 11.8. The highest BCUT2D eigenvalue weighted by atomic mass is 79.9. The highest BCUT2D eigenvalue weighted by Crippen LogP contribution is 2.25. The normalized spacial score (nSPS) is 12.0. The van der Waals surface area contributed by atoms with Crippen molar-refractivity contribution in [3.05, 3.63) is 58.1 Å². The van der Waals surface area contributed by atoms with Crippen molar-refractivity contribution >= 4 is 15.9 Å². The number of rotatable bonds is 6. The van der Waals surface area contributed by atoms with Crippen molar-refractivity contribution in [2.24, 2.45) is 5.73 Å². The number of methoxy groups -OCH3 is 1. The van der Waals surface area contributed by atoms with E-state index < -0.39 is 6.04 Å². The summed E-state index contributed by atoms with van der Waals surface area (Å²) in [5.41, 5.74) is 7.59. The zero-order chi connectivity index (χ0) is 15.2. The largest absolute Gasteiger partial charge is 0.496 e. The van der Waals surface area contributed by atoms with Crippen molar-refractivity contribution in [3.63, 3.8) is 0 Å². The number of hydrogen-bond acceptors (Lipinski definition) is 4. The van der Waals surface area contributed by atoms with Gasteiger partial charge < -0.3 is 20.3 Å². The number of benzene rings is 2. The minimum Gasteiger partial charge on any atom is -0.496 e. The summed E-state index contributed by atoms with van der Waals surface area (Å²) < 4.78 is 12.1. The van der Waals surface area contributed by atoms with E-state index in [1.165, 1.54) is 0 Å². The van der Waals surface area contributed by atoms with Gasteiger partial charge in [0.25, 0.3) is 0 Å². The first-order valence-electron chi connectivity index (χ1n) is 6.55. The van der Waals surface area contributed by atoms with E-state index >= 15 is 0 Å². The van der Waals surface area contributed by atoms with Crippen LogP contribution in [0.5, 0.6) is 11.5 Å². The number of aliphatic hydroxyl groups excluding tert-OH is 1. The summed E-state index contributed by atoms with van der Waals surface area (Å²) in [4.78, 5) is 0. The van der Waals surface area contributed by atoms with Crippen LogP contribution in [0.2, 0.25) is 0 Å². The Kier molecular flexibility index (Phi) is 5.61. The number of halogens is 1. The topological polar surface area (TPSA) is 64.7 Å². The lowest BCUT2D eigenvalue weighted by atomic mass is 10.0. The average Bonchev–Trinajstić information content (AvgIpc) is 2.53. The molecule has 3 N–H and O–H groups in total. The quantitative estimate of drug-likeness (QED) is 0.839. The molecular weight excluding hydrogens is 334 g/mol. The van der Waals surface area contributed by atoms with E-state index in [0.29, 0.717) is 6.61 Å². The van der Waals surface area contributed by atoms with Crippen LogP contribution in [-0.4, -0.2) is 18.8 Å². The molecule has 0 aliphatic rings. The van der Waals surface area contributed by atoms with E-state index in [4.69, 9.17) is 20.3 Å². The van der Waals surface area contributed by atoms with Gasteiger partial charge in [0.2, 0.25) is 0 Å². The maximum Gasteiger partial charge on any atom is 0.125 e. The van der Waals surface area contributed by atoms with Gasteiger partial charge in [0.1, 0.15) is 18.1 Å². The zero-order valence-corrected chi connectivity index (χ0v) is 13.3. The molecule has 0 aliphatic heterocycles. The molecule has 1 atom stereocenters. The molecule has 0 bridgehead atoms. The van der Waals surface area contributed by atoms with Gasteiger partial charge in [-0.25, -0.2) is 0 Å². The van der Waals surface area contributed by atoms with Gasteiger partial charge in [-0.15, -0.1) is 0 Å². The van der Waals surface area contributed by atoms with Crippen LogP contribution in [0.4, 0.5) is 0 Å². The van der Waals surface area contributed by atoms with E-state index in [2.05, 4.69) is 15.9 Å². The third-order valence-electron chi connectivity index (χ3n) is 3.14. The number of ether oxygens (including phenoxy) is 2. The summed E-state index contributed by atoms with van der Waals surface area (Å²) in [7, 11) is 1.62. The summed E-state index contributed by atoms with van der Waals surface area (Å²) in [5.74, 6) is 1.51. The number of nitrogens with two attached hydrogens (primary N) is 1. The Bertz CT molecular complexity index is 587. The van der Waals surface area contributed by atoms with E-state index in [1.54, 1.807) is 7.11 Å². The van der Waals surface area contributed by atoms with Crippen molar-refractivity contribution in [3.8, 4) is 11.5 Å². The van der Waals surface area contributed by atoms with Crippen LogP contribution in [0.15, 0.2) is 46.9 Å². The molecule has 2 aromatic rings. The third kappa shape index (κ3) is 4.20. The molecule has 0 radical (unpaired) electrons. The molecule has 0 heterocycles. The van der Waals surface area contributed by atoms with Gasteiger partial charge in [-0.1, -0.05) is 22.0 Å². The molecule has 0 aromatic heterocycles. The molecule has 2 rings (SSSR count). The fourth-order valence-corrected chi connectivity index (χ4v) is 2.20. The summed E-state index contributed by atoms with van der Waals surface area (Å²) >= 11 is 3.38. The van der Waals surface area contributed by atoms with Gasteiger partial charge in [-0.2, -0.15) is 0 Å². The van der Waals surface area contributed by atoms with E-state index in [0.717, 1.165) is 27.1 Å². The van der Waals surface area contributed by atoms with Crippen molar-refractivity contribution < 1.29 is 14.6 Å². The second-order valence-electron chi connectivity index (χ2n) is 4.60. The maximum absolute atomic E-state index is 9.15. The van der Waals surface area contributed by atoms with Gasteiger partial charge in [-0.05, 0) is 42.0 Å². The maximum atomic E-state index is 9.15. The first-order chi connectivity index (χ1) is 10.1. The Hall–Kier alpha value is -1.56. The Labute approximate surface area is 132 Å². The van der Waals surface area contributed by atoms with E-state index in [9.17, 15) is 0 Å². The first-order valence-corrected chi connectivity index (χ1v) is 7.35. The summed E-state index contributed by atoms with van der Waals surface area (Å²) in [5, 5.41) is 9.15. The molecule has 112 valence electrons. The predicted octanol–water partition coefficient (Wildman–Crippen LogP) is 3.03. The van der Waals surface area contributed by atoms with Crippen molar-refractivity contribution in [1.29, 1.82) is 0 Å². The highest BCUT2D eigenvalue weighted by molar-refractivity contribution is 9.10. The van der Waals surface area contributed by atoms with Gasteiger partial charge >= 0.3 is 0 Å². The van der Waals surface area contributed by atoms with Crippen molar-refractivity contribution in [2.75, 3.05) is 13.7 Å². The Morgan fingerprint density at radius 1 is 1.19 bits per heavy atom. The van der Waals surface area contributed by atoms with Gasteiger partial charge in [0.15, 0.2) is 0 Å². The van der Waals surface area contributed by atoms with Crippen LogP contribution in [0.1, 0.15) is 17.2 Å². The number of aliphatic hydroxyl groups is 1. The minimum absolute atomic E-state index is 0.0979. The molecule has 0 amide bonds. The Morgan fingerprint density at radius 3 is 2.52 bits per heavy atom. The molecule has 2 aromatic carbocycles. The SMILES string of the molecule is COc1ccc([C@@H](N)CO)cc1COc1ccc(Br)cc1. The van der Waals surface area contributed by atoms with Crippen LogP contribution in [-0.2, 0) is 6.61 Å². The smallest absolute Gasteiger partial charge is 0.125 e. The van der Waals surface area contributed by atoms with Gasteiger partial charge in [0.05, 0.1) is 19.8 Å². The fourth-order valence-electron chi connectivity index (χ4n) is 1.94. The molecule has 0 saturated heterocycles. The van der Waals surface area contributed by atoms with Crippen LogP contribution in [0.25, 0.3) is 0 Å². The number of hydrogen-bond donors (Lipinski definition) is 2. The van der Waals surface area contributed by atoms with Gasteiger partial charge in [0, 0.05) is 10.0 Å². The van der Waals surface area contributed by atoms with Crippen molar-refractivity contribution in [2.45, 2.75) is 12.6 Å².